The Bertz CT molecular complexity index is 457. The fourth-order valence-electron chi connectivity index (χ4n) is 2.52. The summed E-state index contributed by atoms with van der Waals surface area (Å²) in [5.74, 6) is -0.363. The molecule has 5 heteroatoms. The Morgan fingerprint density at radius 3 is 2.82 bits per heavy atom. The van der Waals surface area contributed by atoms with Crippen LogP contribution in [0, 0.1) is 5.82 Å². The third-order valence-electron chi connectivity index (χ3n) is 3.33. The molecule has 2 heterocycles. The third-order valence-corrected chi connectivity index (χ3v) is 3.33. The lowest BCUT2D eigenvalue weighted by molar-refractivity contribution is -0.121. The van der Waals surface area contributed by atoms with Crippen LogP contribution in [-0.4, -0.2) is 37.0 Å². The summed E-state index contributed by atoms with van der Waals surface area (Å²) in [7, 11) is 0. The summed E-state index contributed by atoms with van der Waals surface area (Å²) >= 11 is 0. The summed E-state index contributed by atoms with van der Waals surface area (Å²) in [6, 6.07) is 4.24. The van der Waals surface area contributed by atoms with Crippen LogP contribution in [0.3, 0.4) is 0 Å². The lowest BCUT2D eigenvalue weighted by atomic mass is 10.1. The molecule has 2 N–H and O–H groups in total. The second-order valence-corrected chi connectivity index (χ2v) is 4.41. The number of halogens is 1. The molecule has 3 rings (SSSR count). The summed E-state index contributed by atoms with van der Waals surface area (Å²) in [6.45, 7) is 3.46. The van der Waals surface area contributed by atoms with Crippen molar-refractivity contribution in [3.05, 3.63) is 29.6 Å². The number of amides is 1. The van der Waals surface area contributed by atoms with Gasteiger partial charge in [-0.1, -0.05) is 6.07 Å². The van der Waals surface area contributed by atoms with Crippen LogP contribution >= 0.6 is 0 Å². The van der Waals surface area contributed by atoms with Gasteiger partial charge in [-0.25, -0.2) is 4.39 Å². The maximum Gasteiger partial charge on any atom is 0.246 e. The van der Waals surface area contributed by atoms with E-state index < -0.39 is 0 Å². The van der Waals surface area contributed by atoms with Gasteiger partial charge in [0.15, 0.2) is 0 Å². The molecule has 1 unspecified atom stereocenters. The van der Waals surface area contributed by atoms with Gasteiger partial charge in [0.25, 0.3) is 0 Å². The molecule has 1 aromatic rings. The van der Waals surface area contributed by atoms with Crippen LogP contribution in [0.25, 0.3) is 0 Å². The molecule has 1 fully saturated rings. The minimum Gasteiger partial charge on any atom is -0.324 e. The van der Waals surface area contributed by atoms with E-state index in [1.54, 1.807) is 6.07 Å². The van der Waals surface area contributed by atoms with Crippen molar-refractivity contribution in [1.29, 1.82) is 0 Å². The Morgan fingerprint density at radius 2 is 2.06 bits per heavy atom. The molecule has 4 nitrogen and oxygen atoms in total. The number of rotatable bonds is 1. The minimum atomic E-state index is -0.315. The number of anilines is 1. The quantitative estimate of drug-likeness (QED) is 0.754. The number of hydrogen-bond acceptors (Lipinski definition) is 3. The number of carbonyl (C=O) groups is 1. The van der Waals surface area contributed by atoms with Crippen LogP contribution in [-0.2, 0) is 4.79 Å². The molecule has 0 saturated carbocycles. The summed E-state index contributed by atoms with van der Waals surface area (Å²) in [5.41, 5.74) is 1.50. The fraction of sp³-hybridized carbons (Fsp3) is 0.417. The molecule has 0 spiro atoms. The van der Waals surface area contributed by atoms with E-state index in [0.717, 1.165) is 31.7 Å². The van der Waals surface area contributed by atoms with Crippen molar-refractivity contribution in [1.82, 2.24) is 10.2 Å². The maximum atomic E-state index is 13.1. The number of nitrogens with one attached hydrogen (secondary N) is 2. The molecule has 1 amide bonds. The second-order valence-electron chi connectivity index (χ2n) is 4.41. The second kappa shape index (κ2) is 4.09. The van der Waals surface area contributed by atoms with Crippen molar-refractivity contribution in [2.75, 3.05) is 31.5 Å². The molecule has 1 atom stereocenters. The highest BCUT2D eigenvalue weighted by Crippen LogP contribution is 2.35. The van der Waals surface area contributed by atoms with E-state index in [1.165, 1.54) is 12.1 Å². The third kappa shape index (κ3) is 1.81. The fourth-order valence-corrected chi connectivity index (χ4v) is 2.52. The first kappa shape index (κ1) is 10.7. The van der Waals surface area contributed by atoms with Gasteiger partial charge in [-0.15, -0.1) is 0 Å². The standard InChI is InChI=1S/C12H14FN3O/c13-8-1-2-9-10(7-8)15-12(17)11(9)16-5-3-14-4-6-16/h1-2,7,11,14H,3-6H2,(H,15,17). The van der Waals surface area contributed by atoms with Crippen molar-refractivity contribution in [3.8, 4) is 0 Å². The van der Waals surface area contributed by atoms with Gasteiger partial charge in [0.1, 0.15) is 11.9 Å². The molecule has 0 radical (unpaired) electrons. The van der Waals surface area contributed by atoms with E-state index >= 15 is 0 Å². The number of piperazine rings is 1. The number of fused-ring (bicyclic) bond motifs is 1. The van der Waals surface area contributed by atoms with Crippen LogP contribution in [0.1, 0.15) is 11.6 Å². The molecule has 2 aliphatic rings. The van der Waals surface area contributed by atoms with Gasteiger partial charge in [0.2, 0.25) is 5.91 Å². The molecular weight excluding hydrogens is 221 g/mol. The first-order chi connectivity index (χ1) is 8.25. The summed E-state index contributed by atoms with van der Waals surface area (Å²) in [4.78, 5) is 14.1. The lowest BCUT2D eigenvalue weighted by Crippen LogP contribution is -2.46. The van der Waals surface area contributed by atoms with Gasteiger partial charge in [-0.05, 0) is 12.1 Å². The molecule has 2 aliphatic heterocycles. The van der Waals surface area contributed by atoms with Gasteiger partial charge in [0, 0.05) is 37.4 Å². The van der Waals surface area contributed by atoms with Crippen LogP contribution in [0.5, 0.6) is 0 Å². The molecule has 0 aromatic heterocycles. The van der Waals surface area contributed by atoms with Crippen LogP contribution < -0.4 is 10.6 Å². The topological polar surface area (TPSA) is 44.4 Å². The Balaban J connectivity index is 1.93. The summed E-state index contributed by atoms with van der Waals surface area (Å²) in [5, 5.41) is 6.00. The predicted octanol–water partition coefficient (Wildman–Crippen LogP) is 0.724. The first-order valence-corrected chi connectivity index (χ1v) is 5.81. The Hall–Kier alpha value is -1.46. The van der Waals surface area contributed by atoms with Crippen LogP contribution in [0.2, 0.25) is 0 Å². The molecule has 17 heavy (non-hydrogen) atoms. The predicted molar refractivity (Wildman–Crippen MR) is 62.2 cm³/mol. The monoisotopic (exact) mass is 235 g/mol. The van der Waals surface area contributed by atoms with Gasteiger partial charge in [0.05, 0.1) is 0 Å². The summed E-state index contributed by atoms with van der Waals surface area (Å²) in [6.07, 6.45) is 0. The molecule has 0 bridgehead atoms. The van der Waals surface area contributed by atoms with E-state index in [1.807, 2.05) is 0 Å². The highest BCUT2D eigenvalue weighted by atomic mass is 19.1. The number of nitrogens with zero attached hydrogens (tertiary/aromatic N) is 1. The normalized spacial score (nSPS) is 24.5. The smallest absolute Gasteiger partial charge is 0.246 e. The number of hydrogen-bond donors (Lipinski definition) is 2. The highest BCUT2D eigenvalue weighted by molar-refractivity contribution is 6.02. The zero-order valence-corrected chi connectivity index (χ0v) is 9.37. The molecule has 90 valence electrons. The summed E-state index contributed by atoms with van der Waals surface area (Å²) < 4.78 is 13.1. The largest absolute Gasteiger partial charge is 0.324 e. The minimum absolute atomic E-state index is 0.0486. The SMILES string of the molecule is O=C1Nc2cc(F)ccc2C1N1CCNCC1. The zero-order valence-electron chi connectivity index (χ0n) is 9.37. The van der Waals surface area contributed by atoms with Crippen molar-refractivity contribution >= 4 is 11.6 Å². The lowest BCUT2D eigenvalue weighted by Gasteiger charge is -2.31. The van der Waals surface area contributed by atoms with Crippen molar-refractivity contribution in [2.45, 2.75) is 6.04 Å². The molecule has 1 aromatic carbocycles. The first-order valence-electron chi connectivity index (χ1n) is 5.81. The van der Waals surface area contributed by atoms with Crippen molar-refractivity contribution in [2.24, 2.45) is 0 Å². The van der Waals surface area contributed by atoms with E-state index in [0.29, 0.717) is 5.69 Å². The van der Waals surface area contributed by atoms with E-state index in [2.05, 4.69) is 15.5 Å². The average molecular weight is 235 g/mol. The molecule has 0 aliphatic carbocycles. The van der Waals surface area contributed by atoms with E-state index in [-0.39, 0.29) is 17.8 Å². The number of carbonyl (C=O) groups excluding carboxylic acids is 1. The highest BCUT2D eigenvalue weighted by Gasteiger charge is 2.35. The maximum absolute atomic E-state index is 13.1. The van der Waals surface area contributed by atoms with Crippen molar-refractivity contribution < 1.29 is 9.18 Å². The van der Waals surface area contributed by atoms with Gasteiger partial charge in [-0.3, -0.25) is 9.69 Å². The molecule has 1 saturated heterocycles. The van der Waals surface area contributed by atoms with Crippen LogP contribution in [0.15, 0.2) is 18.2 Å². The van der Waals surface area contributed by atoms with Gasteiger partial charge in [-0.2, -0.15) is 0 Å². The Kier molecular flexibility index (Phi) is 2.57. The van der Waals surface area contributed by atoms with Gasteiger partial charge >= 0.3 is 0 Å². The average Bonchev–Trinajstić information content (AvgIpc) is 2.65. The zero-order chi connectivity index (χ0) is 11.8. The number of benzene rings is 1. The Morgan fingerprint density at radius 1 is 1.29 bits per heavy atom. The molecular formula is C12H14FN3O. The Labute approximate surface area is 98.8 Å². The van der Waals surface area contributed by atoms with Gasteiger partial charge < -0.3 is 10.6 Å². The van der Waals surface area contributed by atoms with E-state index in [4.69, 9.17) is 0 Å². The van der Waals surface area contributed by atoms with Crippen LogP contribution in [0.4, 0.5) is 10.1 Å². The van der Waals surface area contributed by atoms with Crippen molar-refractivity contribution in [3.63, 3.8) is 0 Å². The van der Waals surface area contributed by atoms with E-state index in [9.17, 15) is 9.18 Å².